The van der Waals surface area contributed by atoms with Crippen LogP contribution in [0.5, 0.6) is 0 Å². The summed E-state index contributed by atoms with van der Waals surface area (Å²) in [6, 6.07) is 0.292. The van der Waals surface area contributed by atoms with Gasteiger partial charge in [0, 0.05) is 19.2 Å². The average Bonchev–Trinajstić information content (AvgIpc) is 2.16. The molecule has 4 heteroatoms. The third kappa shape index (κ3) is 3.47. The Kier molecular flexibility index (Phi) is 4.50. The molecule has 3 nitrogen and oxygen atoms in total. The van der Waals surface area contributed by atoms with Gasteiger partial charge in [-0.05, 0) is 12.8 Å². The summed E-state index contributed by atoms with van der Waals surface area (Å²) in [5.41, 5.74) is 0. The smallest absolute Gasteiger partial charge is 0.117 e. The Balaban J connectivity index is 2.05. The molecular weight excluding hydrogens is 161 g/mol. The maximum Gasteiger partial charge on any atom is 0.117 e. The maximum atomic E-state index is 11.8. The van der Waals surface area contributed by atoms with Crippen molar-refractivity contribution in [3.05, 3.63) is 0 Å². The van der Waals surface area contributed by atoms with E-state index in [0.717, 1.165) is 19.4 Å². The first kappa shape index (κ1) is 9.89. The molecule has 0 aromatic rings. The number of alkyl halides is 1. The SMILES string of the molecule is OC(CF)CNC1CCCOC1. The van der Waals surface area contributed by atoms with Crippen molar-refractivity contribution >= 4 is 0 Å². The van der Waals surface area contributed by atoms with E-state index in [1.807, 2.05) is 0 Å². The van der Waals surface area contributed by atoms with Crippen LogP contribution < -0.4 is 5.32 Å². The van der Waals surface area contributed by atoms with E-state index in [1.54, 1.807) is 0 Å². The van der Waals surface area contributed by atoms with Gasteiger partial charge < -0.3 is 15.2 Å². The topological polar surface area (TPSA) is 41.5 Å². The molecule has 0 saturated carbocycles. The summed E-state index contributed by atoms with van der Waals surface area (Å²) in [7, 11) is 0. The predicted molar refractivity (Wildman–Crippen MR) is 43.8 cm³/mol. The highest BCUT2D eigenvalue weighted by atomic mass is 19.1. The lowest BCUT2D eigenvalue weighted by Crippen LogP contribution is -2.41. The largest absolute Gasteiger partial charge is 0.389 e. The van der Waals surface area contributed by atoms with E-state index in [-0.39, 0.29) is 0 Å². The van der Waals surface area contributed by atoms with E-state index in [0.29, 0.717) is 19.2 Å². The summed E-state index contributed by atoms with van der Waals surface area (Å²) in [6.07, 6.45) is 1.23. The second kappa shape index (κ2) is 5.45. The fourth-order valence-electron chi connectivity index (χ4n) is 1.26. The van der Waals surface area contributed by atoms with Crippen LogP contribution in [0.3, 0.4) is 0 Å². The predicted octanol–water partition coefficient (Wildman–Crippen LogP) is 0.0854. The molecule has 0 bridgehead atoms. The van der Waals surface area contributed by atoms with Gasteiger partial charge in [-0.15, -0.1) is 0 Å². The maximum absolute atomic E-state index is 11.8. The number of ether oxygens (including phenoxy) is 1. The molecule has 1 aliphatic heterocycles. The van der Waals surface area contributed by atoms with E-state index < -0.39 is 12.8 Å². The highest BCUT2D eigenvalue weighted by molar-refractivity contribution is 4.71. The zero-order valence-corrected chi connectivity index (χ0v) is 7.13. The molecular formula is C8H16FNO2. The number of aliphatic hydroxyl groups excluding tert-OH is 1. The summed E-state index contributed by atoms with van der Waals surface area (Å²) in [4.78, 5) is 0. The molecule has 1 heterocycles. The fourth-order valence-corrected chi connectivity index (χ4v) is 1.26. The second-order valence-corrected chi connectivity index (χ2v) is 3.13. The van der Waals surface area contributed by atoms with Crippen LogP contribution in [0.1, 0.15) is 12.8 Å². The van der Waals surface area contributed by atoms with Gasteiger partial charge in [0.2, 0.25) is 0 Å². The number of hydrogen-bond donors (Lipinski definition) is 2. The molecule has 72 valence electrons. The van der Waals surface area contributed by atoms with E-state index in [4.69, 9.17) is 9.84 Å². The Morgan fingerprint density at radius 1 is 1.67 bits per heavy atom. The molecule has 2 atom stereocenters. The minimum absolute atomic E-state index is 0.292. The number of halogens is 1. The van der Waals surface area contributed by atoms with E-state index >= 15 is 0 Å². The van der Waals surface area contributed by atoms with Gasteiger partial charge in [-0.1, -0.05) is 0 Å². The van der Waals surface area contributed by atoms with Crippen molar-refractivity contribution in [2.45, 2.75) is 25.0 Å². The van der Waals surface area contributed by atoms with E-state index in [2.05, 4.69) is 5.32 Å². The van der Waals surface area contributed by atoms with Gasteiger partial charge in [0.1, 0.15) is 6.67 Å². The molecule has 0 radical (unpaired) electrons. The lowest BCUT2D eigenvalue weighted by atomic mass is 10.1. The Hall–Kier alpha value is -0.190. The van der Waals surface area contributed by atoms with Crippen LogP contribution in [-0.4, -0.2) is 43.7 Å². The van der Waals surface area contributed by atoms with Crippen molar-refractivity contribution in [1.29, 1.82) is 0 Å². The van der Waals surface area contributed by atoms with Crippen LogP contribution in [0.4, 0.5) is 4.39 Å². The van der Waals surface area contributed by atoms with Crippen LogP contribution in [0.15, 0.2) is 0 Å². The molecule has 1 fully saturated rings. The van der Waals surface area contributed by atoms with Gasteiger partial charge in [0.05, 0.1) is 12.7 Å². The van der Waals surface area contributed by atoms with E-state index in [9.17, 15) is 4.39 Å². The van der Waals surface area contributed by atoms with Gasteiger partial charge in [-0.3, -0.25) is 0 Å². The Bertz CT molecular complexity index is 118. The summed E-state index contributed by atoms with van der Waals surface area (Å²) in [6.45, 7) is 1.15. The minimum Gasteiger partial charge on any atom is -0.389 e. The molecule has 0 spiro atoms. The third-order valence-electron chi connectivity index (χ3n) is 1.98. The first-order valence-electron chi connectivity index (χ1n) is 4.38. The second-order valence-electron chi connectivity index (χ2n) is 3.13. The third-order valence-corrected chi connectivity index (χ3v) is 1.98. The number of aliphatic hydroxyl groups is 1. The Labute approximate surface area is 71.9 Å². The quantitative estimate of drug-likeness (QED) is 0.639. The molecule has 0 aromatic heterocycles. The van der Waals surface area contributed by atoms with Crippen LogP contribution in [0.25, 0.3) is 0 Å². The minimum atomic E-state index is -0.869. The Morgan fingerprint density at radius 2 is 2.50 bits per heavy atom. The highest BCUT2D eigenvalue weighted by Gasteiger charge is 2.14. The number of nitrogens with one attached hydrogen (secondary N) is 1. The molecule has 1 saturated heterocycles. The first-order valence-corrected chi connectivity index (χ1v) is 4.38. The molecule has 0 amide bonds. The molecule has 2 N–H and O–H groups in total. The molecule has 0 aromatic carbocycles. The molecule has 0 aliphatic carbocycles. The van der Waals surface area contributed by atoms with Crippen molar-refractivity contribution < 1.29 is 14.2 Å². The van der Waals surface area contributed by atoms with Crippen LogP contribution in [-0.2, 0) is 4.74 Å². The molecule has 1 aliphatic rings. The zero-order chi connectivity index (χ0) is 8.81. The average molecular weight is 177 g/mol. The van der Waals surface area contributed by atoms with Crippen molar-refractivity contribution in [1.82, 2.24) is 5.32 Å². The van der Waals surface area contributed by atoms with E-state index in [1.165, 1.54) is 0 Å². The molecule has 1 rings (SSSR count). The molecule has 2 unspecified atom stereocenters. The Morgan fingerprint density at radius 3 is 3.08 bits per heavy atom. The summed E-state index contributed by atoms with van der Waals surface area (Å²) in [5, 5.41) is 12.0. The zero-order valence-electron chi connectivity index (χ0n) is 7.13. The summed E-state index contributed by atoms with van der Waals surface area (Å²) < 4.78 is 17.0. The van der Waals surface area contributed by atoms with Gasteiger partial charge in [0.15, 0.2) is 0 Å². The first-order chi connectivity index (χ1) is 5.83. The van der Waals surface area contributed by atoms with Crippen molar-refractivity contribution in [2.75, 3.05) is 26.4 Å². The van der Waals surface area contributed by atoms with Crippen LogP contribution in [0, 0.1) is 0 Å². The number of rotatable bonds is 4. The van der Waals surface area contributed by atoms with Crippen molar-refractivity contribution in [2.24, 2.45) is 0 Å². The summed E-state index contributed by atoms with van der Waals surface area (Å²) >= 11 is 0. The van der Waals surface area contributed by atoms with Crippen molar-refractivity contribution in [3.8, 4) is 0 Å². The van der Waals surface area contributed by atoms with Gasteiger partial charge in [0.25, 0.3) is 0 Å². The fraction of sp³-hybridized carbons (Fsp3) is 1.00. The normalized spacial score (nSPS) is 27.0. The highest BCUT2D eigenvalue weighted by Crippen LogP contribution is 2.05. The standard InChI is InChI=1S/C8H16FNO2/c9-4-8(11)5-10-7-2-1-3-12-6-7/h7-8,10-11H,1-6H2. The van der Waals surface area contributed by atoms with Gasteiger partial charge >= 0.3 is 0 Å². The van der Waals surface area contributed by atoms with Crippen LogP contribution >= 0.6 is 0 Å². The lowest BCUT2D eigenvalue weighted by molar-refractivity contribution is 0.0614. The number of hydrogen-bond acceptors (Lipinski definition) is 3. The van der Waals surface area contributed by atoms with Crippen molar-refractivity contribution in [3.63, 3.8) is 0 Å². The lowest BCUT2D eigenvalue weighted by Gasteiger charge is -2.23. The van der Waals surface area contributed by atoms with Crippen LogP contribution in [0.2, 0.25) is 0 Å². The van der Waals surface area contributed by atoms with Gasteiger partial charge in [-0.25, -0.2) is 4.39 Å². The summed E-state index contributed by atoms with van der Waals surface area (Å²) in [5.74, 6) is 0. The molecule has 12 heavy (non-hydrogen) atoms. The monoisotopic (exact) mass is 177 g/mol. The van der Waals surface area contributed by atoms with Gasteiger partial charge in [-0.2, -0.15) is 0 Å².